The number of carbonyl (C=O) groups is 4. The van der Waals surface area contributed by atoms with Crippen molar-refractivity contribution in [3.8, 4) is 6.07 Å². The first kappa shape index (κ1) is 45.3. The van der Waals surface area contributed by atoms with Gasteiger partial charge in [0.15, 0.2) is 0 Å². The summed E-state index contributed by atoms with van der Waals surface area (Å²) in [6, 6.07) is 8.59. The standard InChI is InChI=1S/C40H51F3N8O5S.ClH/c1-24-21-48(22-25(2)49(24)23-35(53)46-33-18-26(14-15-45-33)31-12-13-34(52)47-36(31)54)16-5-17-56-30-10-8-28(9-11-30)51-38(57)50(37(55)39(51,3)4)29-7-6-27(20-44)32(19-29)40(41,42)43;/h6-7,14-15,18-19,24-25,28,30-31,38,57H,5,8-13,16-17,21-23H2,1-4H3,(H,45,46,53)(H,47,52,54);1H/t24-,25+,28?,30?,31?,38?;. The summed E-state index contributed by atoms with van der Waals surface area (Å²) in [5.41, 5.74) is -2.59. The largest absolute Gasteiger partial charge is 0.417 e. The molecule has 4 amide bonds. The van der Waals surface area contributed by atoms with Crippen LogP contribution in [0, 0.1) is 11.3 Å². The molecular formula is C40H52ClF3N8O5S. The molecule has 18 heteroatoms. The first-order chi connectivity index (χ1) is 27.0. The fourth-order valence-corrected chi connectivity index (χ4v) is 9.63. The Balaban J connectivity index is 0.00000641. The first-order valence-electron chi connectivity index (χ1n) is 19.6. The highest BCUT2D eigenvalue weighted by molar-refractivity contribution is 7.81. The Morgan fingerprint density at radius 1 is 1.07 bits per heavy atom. The van der Waals surface area contributed by atoms with Gasteiger partial charge in [-0.2, -0.15) is 18.4 Å². The van der Waals surface area contributed by atoms with Gasteiger partial charge in [0.1, 0.15) is 11.3 Å². The highest BCUT2D eigenvalue weighted by atomic mass is 35.5. The number of imide groups is 1. The number of benzene rings is 1. The Morgan fingerprint density at radius 2 is 1.76 bits per heavy atom. The van der Waals surface area contributed by atoms with Crippen LogP contribution >= 0.6 is 25.0 Å². The number of pyridine rings is 1. The van der Waals surface area contributed by atoms with Gasteiger partial charge in [-0.05, 0) is 102 Å². The highest BCUT2D eigenvalue weighted by Gasteiger charge is 2.54. The first-order valence-corrected chi connectivity index (χ1v) is 20.1. The predicted molar refractivity (Wildman–Crippen MR) is 216 cm³/mol. The number of ether oxygens (including phenoxy) is 1. The number of piperidine rings is 1. The number of anilines is 2. The van der Waals surface area contributed by atoms with Gasteiger partial charge in [-0.15, -0.1) is 25.0 Å². The van der Waals surface area contributed by atoms with Crippen molar-refractivity contribution in [2.75, 3.05) is 43.0 Å². The molecule has 4 fully saturated rings. The van der Waals surface area contributed by atoms with E-state index in [2.05, 4.69) is 39.3 Å². The molecule has 1 aromatic heterocycles. The van der Waals surface area contributed by atoms with E-state index in [0.29, 0.717) is 24.4 Å². The van der Waals surface area contributed by atoms with Gasteiger partial charge in [0.05, 0.1) is 41.3 Å². The maximum atomic E-state index is 13.7. The average Bonchev–Trinajstić information content (AvgIpc) is 3.33. The maximum absolute atomic E-state index is 13.7. The summed E-state index contributed by atoms with van der Waals surface area (Å²) in [5.74, 6) is -1.25. The van der Waals surface area contributed by atoms with Crippen LogP contribution in [0.15, 0.2) is 36.5 Å². The van der Waals surface area contributed by atoms with Crippen molar-refractivity contribution in [1.82, 2.24) is 25.0 Å². The fourth-order valence-electron chi connectivity index (χ4n) is 8.91. The van der Waals surface area contributed by atoms with Crippen molar-refractivity contribution in [1.29, 1.82) is 5.26 Å². The Bertz CT molecular complexity index is 1880. The Morgan fingerprint density at radius 3 is 2.40 bits per heavy atom. The third-order valence-corrected chi connectivity index (χ3v) is 12.3. The third-order valence-electron chi connectivity index (χ3n) is 11.8. The lowest BCUT2D eigenvalue weighted by atomic mass is 9.89. The minimum atomic E-state index is -4.74. The number of alkyl halides is 3. The van der Waals surface area contributed by atoms with Crippen LogP contribution in [0.4, 0.5) is 24.7 Å². The van der Waals surface area contributed by atoms with Crippen molar-refractivity contribution in [3.05, 3.63) is 53.2 Å². The summed E-state index contributed by atoms with van der Waals surface area (Å²) in [4.78, 5) is 62.7. The minimum absolute atomic E-state index is 0. The zero-order chi connectivity index (χ0) is 41.2. The lowest BCUT2D eigenvalue weighted by Gasteiger charge is -2.44. The second-order valence-electron chi connectivity index (χ2n) is 16.1. The van der Waals surface area contributed by atoms with E-state index < -0.39 is 34.3 Å². The van der Waals surface area contributed by atoms with Crippen molar-refractivity contribution in [2.24, 2.45) is 0 Å². The van der Waals surface area contributed by atoms with Crippen LogP contribution in [0.2, 0.25) is 0 Å². The second-order valence-corrected chi connectivity index (χ2v) is 16.6. The molecule has 3 aliphatic heterocycles. The number of piperazine rings is 1. The molecule has 0 radical (unpaired) electrons. The van der Waals surface area contributed by atoms with E-state index in [1.807, 2.05) is 4.90 Å². The average molecular weight is 849 g/mol. The highest BCUT2D eigenvalue weighted by Crippen LogP contribution is 2.43. The molecule has 4 atom stereocenters. The Labute approximate surface area is 348 Å². The van der Waals surface area contributed by atoms with Gasteiger partial charge in [-0.25, -0.2) is 4.98 Å². The van der Waals surface area contributed by atoms with Crippen LogP contribution in [0.1, 0.15) is 95.2 Å². The van der Waals surface area contributed by atoms with Crippen LogP contribution < -0.4 is 15.5 Å². The summed E-state index contributed by atoms with van der Waals surface area (Å²) in [7, 11) is 0. The Hall–Kier alpha value is -3.79. The van der Waals surface area contributed by atoms with Gasteiger partial charge in [0, 0.05) is 62.7 Å². The monoisotopic (exact) mass is 848 g/mol. The molecule has 3 saturated heterocycles. The number of nitriles is 1. The van der Waals surface area contributed by atoms with Crippen LogP contribution in [0.25, 0.3) is 0 Å². The molecule has 1 aromatic carbocycles. The molecule has 6 rings (SSSR count). The minimum Gasteiger partial charge on any atom is -0.378 e. The van der Waals surface area contributed by atoms with E-state index in [-0.39, 0.29) is 78.9 Å². The third kappa shape index (κ3) is 9.97. The molecule has 1 saturated carbocycles. The quantitative estimate of drug-likeness (QED) is 0.154. The van der Waals surface area contributed by atoms with E-state index in [0.717, 1.165) is 63.9 Å². The lowest BCUT2D eigenvalue weighted by Crippen LogP contribution is -2.58. The van der Waals surface area contributed by atoms with Gasteiger partial charge in [-0.1, -0.05) is 0 Å². The number of carbonyl (C=O) groups excluding carboxylic acids is 4. The molecule has 13 nitrogen and oxygen atoms in total. The van der Waals surface area contributed by atoms with Gasteiger partial charge in [0.2, 0.25) is 23.6 Å². The zero-order valence-electron chi connectivity index (χ0n) is 33.1. The fraction of sp³-hybridized carbons (Fsp3) is 0.600. The van der Waals surface area contributed by atoms with Crippen molar-refractivity contribution in [2.45, 2.75) is 120 Å². The molecule has 2 N–H and O–H groups in total. The SMILES string of the molecule is C[C@@H]1CN(CCCOC2CCC(N3C(S)N(c4ccc(C#N)c(C(F)(F)F)c4)C(=O)C3(C)C)CC2)C[C@H](C)N1CC(=O)Nc1cc(C2CCC(=O)NC2=O)ccn1.Cl. The zero-order valence-corrected chi connectivity index (χ0v) is 34.8. The van der Waals surface area contributed by atoms with Crippen molar-refractivity contribution >= 4 is 60.2 Å². The molecular weight excluding hydrogens is 797 g/mol. The van der Waals surface area contributed by atoms with E-state index >= 15 is 0 Å². The summed E-state index contributed by atoms with van der Waals surface area (Å²) >= 11 is 4.76. The number of amides is 4. The lowest BCUT2D eigenvalue weighted by molar-refractivity contribution is -0.138. The van der Waals surface area contributed by atoms with Crippen molar-refractivity contribution in [3.63, 3.8) is 0 Å². The topological polar surface area (TPSA) is 151 Å². The number of hydrogen-bond acceptors (Lipinski definition) is 11. The number of thiol groups is 1. The number of nitrogens with one attached hydrogen (secondary N) is 2. The van der Waals surface area contributed by atoms with Crippen LogP contribution in [-0.2, 0) is 30.1 Å². The van der Waals surface area contributed by atoms with Crippen LogP contribution in [0.3, 0.4) is 0 Å². The normalized spacial score (nSPS) is 27.2. The van der Waals surface area contributed by atoms with E-state index in [4.69, 9.17) is 17.4 Å². The second kappa shape index (κ2) is 18.6. The molecule has 316 valence electrons. The number of halogens is 4. The van der Waals surface area contributed by atoms with Crippen molar-refractivity contribution < 1.29 is 37.1 Å². The molecule has 1 aliphatic carbocycles. The number of nitrogens with zero attached hydrogens (tertiary/aromatic N) is 6. The smallest absolute Gasteiger partial charge is 0.378 e. The molecule has 0 bridgehead atoms. The predicted octanol–water partition coefficient (Wildman–Crippen LogP) is 5.31. The van der Waals surface area contributed by atoms with E-state index in [1.165, 1.54) is 11.0 Å². The van der Waals surface area contributed by atoms with E-state index in [9.17, 15) is 37.6 Å². The number of rotatable bonds is 11. The number of hydrogen-bond donors (Lipinski definition) is 3. The summed E-state index contributed by atoms with van der Waals surface area (Å²) in [6.45, 7) is 11.0. The molecule has 2 unspecified atom stereocenters. The molecule has 2 aromatic rings. The summed E-state index contributed by atoms with van der Waals surface area (Å²) < 4.78 is 47.5. The molecule has 58 heavy (non-hydrogen) atoms. The van der Waals surface area contributed by atoms with E-state index in [1.54, 1.807) is 38.2 Å². The maximum Gasteiger partial charge on any atom is 0.417 e. The van der Waals surface area contributed by atoms with Crippen LogP contribution in [0.5, 0.6) is 0 Å². The van der Waals surface area contributed by atoms with Gasteiger partial charge in [0.25, 0.3) is 0 Å². The Kier molecular flexibility index (Phi) is 14.6. The van der Waals surface area contributed by atoms with Gasteiger partial charge < -0.3 is 15.0 Å². The van der Waals surface area contributed by atoms with Gasteiger partial charge >= 0.3 is 6.18 Å². The van der Waals surface area contributed by atoms with Crippen LogP contribution in [-0.4, -0.2) is 111 Å². The van der Waals surface area contributed by atoms with Gasteiger partial charge in [-0.3, -0.25) is 39.2 Å². The molecule has 4 aliphatic rings. The molecule has 4 heterocycles. The summed E-state index contributed by atoms with van der Waals surface area (Å²) in [5, 5.41) is 14.5. The molecule has 0 spiro atoms. The summed E-state index contributed by atoms with van der Waals surface area (Å²) in [6.07, 6.45) is 1.48. The number of aromatic nitrogens is 1.